The van der Waals surface area contributed by atoms with Crippen molar-refractivity contribution in [1.29, 1.82) is 5.26 Å². The van der Waals surface area contributed by atoms with Gasteiger partial charge in [0, 0.05) is 17.1 Å². The summed E-state index contributed by atoms with van der Waals surface area (Å²) >= 11 is 0. The molecular weight excluding hydrogens is 198 g/mol. The minimum absolute atomic E-state index is 0.124. The minimum atomic E-state index is -3.39. The van der Waals surface area contributed by atoms with E-state index in [-0.39, 0.29) is 5.41 Å². The molecule has 0 aromatic rings. The van der Waals surface area contributed by atoms with Crippen molar-refractivity contribution in [2.75, 3.05) is 0 Å². The monoisotopic (exact) mass is 207 g/mol. The molecule has 3 nitrogen and oxygen atoms in total. The van der Waals surface area contributed by atoms with Crippen molar-refractivity contribution < 1.29 is 8.42 Å². The Labute approximate surface area is 76.7 Å². The van der Waals surface area contributed by atoms with E-state index in [2.05, 4.69) is 0 Å². The Kier molecular flexibility index (Phi) is 2.37. The summed E-state index contributed by atoms with van der Waals surface area (Å²) in [6.07, 6.45) is 1.45. The van der Waals surface area contributed by atoms with Gasteiger partial charge in [-0.3, -0.25) is 0 Å². The second kappa shape index (κ2) is 2.90. The quantitative estimate of drug-likeness (QED) is 0.647. The summed E-state index contributed by atoms with van der Waals surface area (Å²) in [6.45, 7) is 1.91. The fraction of sp³-hybridized carbons (Fsp3) is 0.857. The second-order valence-electron chi connectivity index (χ2n) is 3.65. The Hall–Kier alpha value is -0.270. The molecule has 1 fully saturated rings. The largest absolute Gasteiger partial charge is 0.235 e. The molecule has 0 bridgehead atoms. The third-order valence-electron chi connectivity index (χ3n) is 2.34. The van der Waals surface area contributed by atoms with Gasteiger partial charge in [0.15, 0.2) is 0 Å². The van der Waals surface area contributed by atoms with Crippen molar-refractivity contribution in [3.05, 3.63) is 0 Å². The molecule has 1 aliphatic carbocycles. The summed E-state index contributed by atoms with van der Waals surface area (Å²) in [5.74, 6) is 0. The van der Waals surface area contributed by atoms with Gasteiger partial charge in [0.05, 0.1) is 11.3 Å². The van der Waals surface area contributed by atoms with Gasteiger partial charge in [-0.15, -0.1) is 0 Å². The van der Waals surface area contributed by atoms with Gasteiger partial charge in [-0.1, -0.05) is 6.92 Å². The van der Waals surface area contributed by atoms with Crippen molar-refractivity contribution in [2.24, 2.45) is 5.41 Å². The highest BCUT2D eigenvalue weighted by Gasteiger charge is 2.45. The normalized spacial score (nSPS) is 35.2. The Balaban J connectivity index is 2.54. The number of hydrogen-bond acceptors (Lipinski definition) is 3. The van der Waals surface area contributed by atoms with E-state index in [4.69, 9.17) is 15.9 Å². The van der Waals surface area contributed by atoms with Gasteiger partial charge in [-0.25, -0.2) is 8.42 Å². The van der Waals surface area contributed by atoms with Crippen molar-refractivity contribution in [1.82, 2.24) is 0 Å². The lowest BCUT2D eigenvalue weighted by atomic mass is 9.68. The Bertz CT molecular complexity index is 311. The zero-order valence-corrected chi connectivity index (χ0v) is 8.32. The van der Waals surface area contributed by atoms with E-state index >= 15 is 0 Å². The van der Waals surface area contributed by atoms with Crippen LogP contribution in [-0.2, 0) is 9.05 Å². The molecule has 0 heterocycles. The first-order valence-corrected chi connectivity index (χ1v) is 6.05. The van der Waals surface area contributed by atoms with Gasteiger partial charge in [0.2, 0.25) is 9.05 Å². The molecule has 0 spiro atoms. The van der Waals surface area contributed by atoms with Gasteiger partial charge < -0.3 is 0 Å². The third-order valence-corrected chi connectivity index (χ3v) is 4.23. The number of halogens is 1. The van der Waals surface area contributed by atoms with Crippen LogP contribution >= 0.6 is 10.7 Å². The van der Waals surface area contributed by atoms with Crippen LogP contribution in [-0.4, -0.2) is 13.7 Å². The molecule has 0 atom stereocenters. The number of rotatable bonds is 2. The first-order chi connectivity index (χ1) is 5.37. The summed E-state index contributed by atoms with van der Waals surface area (Å²) in [7, 11) is 1.76. The average molecular weight is 208 g/mol. The number of hydrogen-bond donors (Lipinski definition) is 0. The van der Waals surface area contributed by atoms with E-state index in [9.17, 15) is 8.42 Å². The second-order valence-corrected chi connectivity index (χ2v) is 6.56. The minimum Gasteiger partial charge on any atom is -0.212 e. The number of nitrogens with zero attached hydrogens (tertiary/aromatic N) is 1. The standard InChI is InChI=1S/C7H10ClNO2S/c1-7(2-3-9)4-6(5-7)12(8,10)11/h6H,2,4-5H2,1H3/t6-,7-. The van der Waals surface area contributed by atoms with Crippen LogP contribution in [0.25, 0.3) is 0 Å². The van der Waals surface area contributed by atoms with Crippen molar-refractivity contribution in [3.63, 3.8) is 0 Å². The molecule has 1 rings (SSSR count). The van der Waals surface area contributed by atoms with Crippen molar-refractivity contribution in [2.45, 2.75) is 31.4 Å². The van der Waals surface area contributed by atoms with Gasteiger partial charge in [-0.2, -0.15) is 5.26 Å². The van der Waals surface area contributed by atoms with Crippen LogP contribution in [0.15, 0.2) is 0 Å². The maximum absolute atomic E-state index is 10.8. The summed E-state index contributed by atoms with van der Waals surface area (Å²) in [6, 6.07) is 2.04. The lowest BCUT2D eigenvalue weighted by Gasteiger charge is -2.41. The van der Waals surface area contributed by atoms with Crippen LogP contribution in [0.3, 0.4) is 0 Å². The summed E-state index contributed by atoms with van der Waals surface area (Å²) in [5.41, 5.74) is -0.124. The van der Waals surface area contributed by atoms with E-state index in [1.165, 1.54) is 0 Å². The highest BCUT2D eigenvalue weighted by Crippen LogP contribution is 2.47. The smallest absolute Gasteiger partial charge is 0.212 e. The molecule has 1 saturated carbocycles. The van der Waals surface area contributed by atoms with E-state index in [0.717, 1.165) is 0 Å². The molecule has 0 amide bonds. The number of nitriles is 1. The fourth-order valence-corrected chi connectivity index (χ4v) is 3.15. The molecule has 0 radical (unpaired) electrons. The van der Waals surface area contributed by atoms with Crippen LogP contribution in [0.4, 0.5) is 0 Å². The third kappa shape index (κ3) is 1.90. The summed E-state index contributed by atoms with van der Waals surface area (Å²) in [5, 5.41) is 7.99. The lowest BCUT2D eigenvalue weighted by molar-refractivity contribution is 0.173. The van der Waals surface area contributed by atoms with E-state index < -0.39 is 14.3 Å². The van der Waals surface area contributed by atoms with E-state index in [0.29, 0.717) is 19.3 Å². The molecule has 68 valence electrons. The maximum atomic E-state index is 10.8. The molecule has 0 N–H and O–H groups in total. The van der Waals surface area contributed by atoms with E-state index in [1.54, 1.807) is 0 Å². The van der Waals surface area contributed by atoms with Crippen LogP contribution in [0.1, 0.15) is 26.2 Å². The zero-order valence-electron chi connectivity index (χ0n) is 6.75. The molecule has 12 heavy (non-hydrogen) atoms. The van der Waals surface area contributed by atoms with Crippen LogP contribution < -0.4 is 0 Å². The Morgan fingerprint density at radius 1 is 1.67 bits per heavy atom. The summed E-state index contributed by atoms with van der Waals surface area (Å²) < 4.78 is 21.6. The SMILES string of the molecule is C[C@]1(CC#N)C[C@H](S(=O)(=O)Cl)C1. The van der Waals surface area contributed by atoms with Crippen LogP contribution in [0.5, 0.6) is 0 Å². The molecular formula is C7H10ClNO2S. The first-order valence-electron chi connectivity index (χ1n) is 3.68. The van der Waals surface area contributed by atoms with E-state index in [1.807, 2.05) is 13.0 Å². The molecule has 1 aliphatic rings. The molecule has 0 saturated heterocycles. The molecule has 0 aromatic carbocycles. The maximum Gasteiger partial charge on any atom is 0.235 e. The van der Waals surface area contributed by atoms with Crippen LogP contribution in [0.2, 0.25) is 0 Å². The molecule has 0 unspecified atom stereocenters. The van der Waals surface area contributed by atoms with Gasteiger partial charge in [0.1, 0.15) is 0 Å². The van der Waals surface area contributed by atoms with Gasteiger partial charge in [-0.05, 0) is 18.3 Å². The molecule has 5 heteroatoms. The zero-order chi connectivity index (χ0) is 9.41. The van der Waals surface area contributed by atoms with Crippen molar-refractivity contribution in [3.8, 4) is 6.07 Å². The predicted octanol–water partition coefficient (Wildman–Crippen LogP) is 1.64. The molecule has 0 aromatic heterocycles. The highest BCUT2D eigenvalue weighted by atomic mass is 35.7. The Morgan fingerprint density at radius 2 is 2.17 bits per heavy atom. The molecule has 0 aliphatic heterocycles. The van der Waals surface area contributed by atoms with Crippen molar-refractivity contribution >= 4 is 19.7 Å². The van der Waals surface area contributed by atoms with Crippen LogP contribution in [0, 0.1) is 16.7 Å². The predicted molar refractivity (Wildman–Crippen MR) is 46.1 cm³/mol. The van der Waals surface area contributed by atoms with Gasteiger partial charge >= 0.3 is 0 Å². The average Bonchev–Trinajstić information content (AvgIpc) is 1.81. The Morgan fingerprint density at radius 3 is 2.50 bits per heavy atom. The fourth-order valence-electron chi connectivity index (χ4n) is 1.57. The van der Waals surface area contributed by atoms with Gasteiger partial charge in [0.25, 0.3) is 0 Å². The highest BCUT2D eigenvalue weighted by molar-refractivity contribution is 8.14. The first kappa shape index (κ1) is 9.82. The lowest BCUT2D eigenvalue weighted by Crippen LogP contribution is -2.41. The topological polar surface area (TPSA) is 57.9 Å². The summed E-state index contributed by atoms with van der Waals surface area (Å²) in [4.78, 5) is 0.